The average molecular weight is 597 g/mol. The Kier molecular flexibility index (Phi) is 10.2. The van der Waals surface area contributed by atoms with Crippen molar-refractivity contribution in [2.45, 2.75) is 96.8 Å². The Balaban J connectivity index is 1.97. The molecule has 0 bridgehead atoms. The number of rotatable bonds is 9. The third-order valence-electron chi connectivity index (χ3n) is 9.56. The van der Waals surface area contributed by atoms with Crippen LogP contribution in [0.5, 0.6) is 0 Å². The van der Waals surface area contributed by atoms with Gasteiger partial charge in [-0.3, -0.25) is 0 Å². The second-order valence-corrected chi connectivity index (χ2v) is 27.0. The molecule has 0 heterocycles. The molecule has 0 unspecified atom stereocenters. The molecular formula is C34H53O3PSi2. The van der Waals surface area contributed by atoms with E-state index < -0.39 is 23.8 Å². The lowest BCUT2D eigenvalue weighted by Crippen LogP contribution is -2.46. The average Bonchev–Trinajstić information content (AvgIpc) is 2.87. The van der Waals surface area contributed by atoms with E-state index in [1.165, 1.54) is 5.57 Å². The van der Waals surface area contributed by atoms with E-state index in [-0.39, 0.29) is 22.1 Å². The minimum Gasteiger partial charge on any atom is -0.416 e. The summed E-state index contributed by atoms with van der Waals surface area (Å²) in [4.78, 5) is 0. The van der Waals surface area contributed by atoms with Crippen LogP contribution in [-0.4, -0.2) is 35.5 Å². The molecule has 40 heavy (non-hydrogen) atoms. The molecule has 2 aromatic carbocycles. The van der Waals surface area contributed by atoms with E-state index in [0.717, 1.165) is 29.0 Å². The van der Waals surface area contributed by atoms with Gasteiger partial charge in [-0.1, -0.05) is 115 Å². The van der Waals surface area contributed by atoms with Gasteiger partial charge in [-0.15, -0.1) is 0 Å². The van der Waals surface area contributed by atoms with Gasteiger partial charge in [-0.2, -0.15) is 0 Å². The highest BCUT2D eigenvalue weighted by Gasteiger charge is 2.42. The van der Waals surface area contributed by atoms with E-state index >= 15 is 0 Å². The predicted molar refractivity (Wildman–Crippen MR) is 180 cm³/mol. The second-order valence-electron chi connectivity index (χ2n) is 14.6. The van der Waals surface area contributed by atoms with Crippen LogP contribution in [0.4, 0.5) is 0 Å². The van der Waals surface area contributed by atoms with Crippen molar-refractivity contribution < 1.29 is 13.4 Å². The van der Waals surface area contributed by atoms with Crippen molar-refractivity contribution >= 4 is 34.4 Å². The summed E-state index contributed by atoms with van der Waals surface area (Å²) in [6.45, 7) is 28.3. The van der Waals surface area contributed by atoms with Crippen molar-refractivity contribution in [1.29, 1.82) is 0 Å². The van der Waals surface area contributed by atoms with Crippen LogP contribution in [0.1, 0.15) is 54.4 Å². The molecule has 2 aromatic rings. The van der Waals surface area contributed by atoms with Crippen LogP contribution in [-0.2, 0) is 13.4 Å². The molecule has 0 N–H and O–H groups in total. The Bertz CT molecular complexity index is 1180. The van der Waals surface area contributed by atoms with Crippen molar-refractivity contribution in [2.75, 3.05) is 12.8 Å². The molecule has 1 aliphatic rings. The number of benzene rings is 2. The van der Waals surface area contributed by atoms with E-state index in [0.29, 0.717) is 12.8 Å². The molecule has 1 fully saturated rings. The van der Waals surface area contributed by atoms with Gasteiger partial charge in [0.1, 0.15) is 7.14 Å². The molecule has 0 spiro atoms. The Morgan fingerprint density at radius 1 is 0.850 bits per heavy atom. The summed E-state index contributed by atoms with van der Waals surface area (Å²) in [6, 6.07) is 19.9. The second kappa shape index (κ2) is 12.4. The van der Waals surface area contributed by atoms with Gasteiger partial charge in [0.2, 0.25) is 0 Å². The molecular weight excluding hydrogens is 544 g/mol. The highest BCUT2D eigenvalue weighted by Crippen LogP contribution is 2.46. The Hall–Kier alpha value is -1.50. The molecule has 2 atom stereocenters. The zero-order valence-electron chi connectivity index (χ0n) is 26.7. The maximum Gasteiger partial charge on any atom is 0.192 e. The van der Waals surface area contributed by atoms with Gasteiger partial charge in [0.05, 0.1) is 0 Å². The third-order valence-corrected chi connectivity index (χ3v) is 21.6. The first kappa shape index (κ1) is 33.0. The molecule has 1 saturated carbocycles. The minimum atomic E-state index is -2.86. The van der Waals surface area contributed by atoms with Crippen molar-refractivity contribution in [3.05, 3.63) is 84.5 Å². The standard InChI is InChI=1S/C34H53O3PSi2/c1-27-28(22-23-38(35,31-18-14-12-15-19-31)32-20-16-13-17-21-32)24-30(37-40(10,11)34(5,6)7)25-29(27)26-36-39(8,9)33(2,3)4/h12-22,29-30H,1,23-26H2,2-11H3/b28-22-/t29-,30-/m0/s1. The maximum atomic E-state index is 14.7. The summed E-state index contributed by atoms with van der Waals surface area (Å²) < 4.78 is 28.5. The van der Waals surface area contributed by atoms with E-state index in [1.807, 2.05) is 60.7 Å². The van der Waals surface area contributed by atoms with Crippen LogP contribution in [0.2, 0.25) is 36.3 Å². The molecule has 3 rings (SSSR count). The molecule has 6 heteroatoms. The fourth-order valence-corrected chi connectivity index (χ4v) is 9.63. The highest BCUT2D eigenvalue weighted by molar-refractivity contribution is 7.78. The summed E-state index contributed by atoms with van der Waals surface area (Å²) in [7, 11) is -6.75. The lowest BCUT2D eigenvalue weighted by Gasteiger charge is -2.43. The summed E-state index contributed by atoms with van der Waals surface area (Å²) in [5.41, 5.74) is 2.31. The topological polar surface area (TPSA) is 35.5 Å². The fraction of sp³-hybridized carbons (Fsp3) is 0.529. The predicted octanol–water partition coefficient (Wildman–Crippen LogP) is 9.31. The monoisotopic (exact) mass is 596 g/mol. The smallest absolute Gasteiger partial charge is 0.192 e. The molecule has 0 saturated heterocycles. The molecule has 220 valence electrons. The van der Waals surface area contributed by atoms with Crippen molar-refractivity contribution in [3.63, 3.8) is 0 Å². The lowest BCUT2D eigenvalue weighted by molar-refractivity contribution is 0.124. The lowest BCUT2D eigenvalue weighted by atomic mass is 9.80. The van der Waals surface area contributed by atoms with Crippen LogP contribution in [0.3, 0.4) is 0 Å². The molecule has 1 aliphatic carbocycles. The highest BCUT2D eigenvalue weighted by atomic mass is 31.2. The first-order chi connectivity index (χ1) is 18.4. The Morgan fingerprint density at radius 3 is 1.77 bits per heavy atom. The van der Waals surface area contributed by atoms with Gasteiger partial charge in [-0.25, -0.2) is 0 Å². The van der Waals surface area contributed by atoms with E-state index in [9.17, 15) is 4.57 Å². The number of allylic oxidation sites excluding steroid dienone is 1. The third kappa shape index (κ3) is 7.66. The Labute approximate surface area is 247 Å². The molecule has 0 radical (unpaired) electrons. The number of hydrogen-bond acceptors (Lipinski definition) is 3. The van der Waals surface area contributed by atoms with Crippen molar-refractivity contribution in [3.8, 4) is 0 Å². The Morgan fingerprint density at radius 2 is 1.32 bits per heavy atom. The minimum absolute atomic E-state index is 0.110. The van der Waals surface area contributed by atoms with Gasteiger partial charge < -0.3 is 13.4 Å². The summed E-state index contributed by atoms with van der Waals surface area (Å²) in [5, 5.41) is 2.07. The maximum absolute atomic E-state index is 14.7. The van der Waals surface area contributed by atoms with Crippen molar-refractivity contribution in [1.82, 2.24) is 0 Å². The van der Waals surface area contributed by atoms with Crippen molar-refractivity contribution in [2.24, 2.45) is 5.92 Å². The summed E-state index contributed by atoms with van der Waals surface area (Å²) in [5.74, 6) is 0.191. The zero-order chi connectivity index (χ0) is 30.0. The van der Waals surface area contributed by atoms with Crippen LogP contribution in [0.15, 0.2) is 84.5 Å². The van der Waals surface area contributed by atoms with E-state index in [1.54, 1.807) is 0 Å². The molecule has 3 nitrogen and oxygen atoms in total. The van der Waals surface area contributed by atoms with Gasteiger partial charge in [0, 0.05) is 35.4 Å². The van der Waals surface area contributed by atoms with Crippen LogP contribution in [0.25, 0.3) is 0 Å². The van der Waals surface area contributed by atoms with Gasteiger partial charge >= 0.3 is 0 Å². The number of hydrogen-bond donors (Lipinski definition) is 0. The summed E-state index contributed by atoms with van der Waals surface area (Å²) >= 11 is 0. The quantitative estimate of drug-likeness (QED) is 0.214. The summed E-state index contributed by atoms with van der Waals surface area (Å²) in [6.07, 6.45) is 4.53. The van der Waals surface area contributed by atoms with E-state index in [4.69, 9.17) is 8.85 Å². The van der Waals surface area contributed by atoms with Gasteiger partial charge in [0.15, 0.2) is 16.6 Å². The normalized spacial score (nSPS) is 20.6. The SMILES string of the molecule is C=C1/C(=C\CP(=O)(c2ccccc2)c2ccccc2)C[C@H](O[Si](C)(C)C(C)(C)C)C[C@H]1CO[Si](C)(C)C(C)(C)C. The van der Waals surface area contributed by atoms with Crippen LogP contribution < -0.4 is 10.6 Å². The van der Waals surface area contributed by atoms with Crippen LogP contribution >= 0.6 is 7.14 Å². The molecule has 0 amide bonds. The molecule has 0 aliphatic heterocycles. The van der Waals surface area contributed by atoms with Crippen LogP contribution in [0, 0.1) is 5.92 Å². The largest absolute Gasteiger partial charge is 0.416 e. The first-order valence-corrected chi connectivity index (χ1v) is 22.5. The molecule has 0 aromatic heterocycles. The van der Waals surface area contributed by atoms with Gasteiger partial charge in [-0.05, 0) is 60.3 Å². The first-order valence-electron chi connectivity index (χ1n) is 14.8. The zero-order valence-corrected chi connectivity index (χ0v) is 29.6. The van der Waals surface area contributed by atoms with E-state index in [2.05, 4.69) is 80.4 Å². The van der Waals surface area contributed by atoms with Gasteiger partial charge in [0.25, 0.3) is 0 Å². The fourth-order valence-electron chi connectivity index (χ4n) is 4.71.